The number of ether oxygens (including phenoxy) is 1. The molecule has 0 spiro atoms. The van der Waals surface area contributed by atoms with Crippen molar-refractivity contribution in [1.82, 2.24) is 15.6 Å². The number of unbranched alkanes of at least 4 members (excludes halogenated alkanes) is 1. The fourth-order valence-corrected chi connectivity index (χ4v) is 2.30. The van der Waals surface area contributed by atoms with E-state index in [-0.39, 0.29) is 0 Å². The molecule has 21 heavy (non-hydrogen) atoms. The number of guanidine groups is 1. The minimum atomic E-state index is 0.617. The van der Waals surface area contributed by atoms with Gasteiger partial charge in [0.25, 0.3) is 0 Å². The van der Waals surface area contributed by atoms with Crippen LogP contribution in [0.2, 0.25) is 0 Å². The highest BCUT2D eigenvalue weighted by Crippen LogP contribution is 2.13. The summed E-state index contributed by atoms with van der Waals surface area (Å²) in [7, 11) is 1.78. The lowest BCUT2D eigenvalue weighted by atomic mass is 10.2. The maximum atomic E-state index is 5.51. The standard InChI is InChI=1S/C15H26N4OS/c1-4-20-14-13(8-7-10-17-14)12-19-15(16-2)18-9-5-6-11-21-3/h7-8,10H,4-6,9,11-12H2,1-3H3,(H2,16,18,19). The lowest BCUT2D eigenvalue weighted by molar-refractivity contribution is 0.322. The van der Waals surface area contributed by atoms with Gasteiger partial charge >= 0.3 is 0 Å². The van der Waals surface area contributed by atoms with Crippen LogP contribution in [0.15, 0.2) is 23.3 Å². The van der Waals surface area contributed by atoms with Gasteiger partial charge in [0.1, 0.15) is 0 Å². The van der Waals surface area contributed by atoms with Crippen molar-refractivity contribution < 1.29 is 4.74 Å². The second kappa shape index (κ2) is 11.3. The maximum Gasteiger partial charge on any atom is 0.218 e. The summed E-state index contributed by atoms with van der Waals surface area (Å²) in [6.45, 7) is 4.16. The van der Waals surface area contributed by atoms with Crippen LogP contribution in [0.1, 0.15) is 25.3 Å². The number of thioether (sulfide) groups is 1. The van der Waals surface area contributed by atoms with Crippen molar-refractivity contribution in [2.75, 3.05) is 32.2 Å². The summed E-state index contributed by atoms with van der Waals surface area (Å²) < 4.78 is 5.51. The minimum absolute atomic E-state index is 0.617. The van der Waals surface area contributed by atoms with Crippen molar-refractivity contribution >= 4 is 17.7 Å². The average Bonchev–Trinajstić information content (AvgIpc) is 2.51. The zero-order valence-corrected chi connectivity index (χ0v) is 14.0. The van der Waals surface area contributed by atoms with E-state index < -0.39 is 0 Å². The molecule has 0 saturated carbocycles. The monoisotopic (exact) mass is 310 g/mol. The molecular formula is C15H26N4OS. The van der Waals surface area contributed by atoms with Crippen LogP contribution in [0.25, 0.3) is 0 Å². The first kappa shape index (κ1) is 17.6. The third-order valence-electron chi connectivity index (χ3n) is 2.87. The van der Waals surface area contributed by atoms with Gasteiger partial charge in [-0.2, -0.15) is 11.8 Å². The molecule has 0 saturated heterocycles. The van der Waals surface area contributed by atoms with Crippen LogP contribution >= 0.6 is 11.8 Å². The molecule has 118 valence electrons. The zero-order chi connectivity index (χ0) is 15.3. The molecule has 0 amide bonds. The van der Waals surface area contributed by atoms with E-state index in [1.54, 1.807) is 13.2 Å². The molecule has 1 rings (SSSR count). The van der Waals surface area contributed by atoms with Crippen LogP contribution in [0, 0.1) is 0 Å². The summed E-state index contributed by atoms with van der Waals surface area (Å²) >= 11 is 1.89. The molecule has 0 aliphatic heterocycles. The normalized spacial score (nSPS) is 11.3. The SMILES string of the molecule is CCOc1ncccc1CNC(=NC)NCCCCSC. The highest BCUT2D eigenvalue weighted by molar-refractivity contribution is 7.98. The van der Waals surface area contributed by atoms with Gasteiger partial charge in [-0.3, -0.25) is 4.99 Å². The summed E-state index contributed by atoms with van der Waals surface area (Å²) in [6, 6.07) is 3.93. The topological polar surface area (TPSA) is 58.5 Å². The van der Waals surface area contributed by atoms with E-state index in [0.717, 1.165) is 24.5 Å². The number of nitrogens with zero attached hydrogens (tertiary/aromatic N) is 2. The Labute approximate surface area is 132 Å². The van der Waals surface area contributed by atoms with Crippen molar-refractivity contribution in [3.63, 3.8) is 0 Å². The third-order valence-corrected chi connectivity index (χ3v) is 3.57. The summed E-state index contributed by atoms with van der Waals surface area (Å²) in [5, 5.41) is 6.61. The number of hydrogen-bond donors (Lipinski definition) is 2. The third kappa shape index (κ3) is 7.22. The van der Waals surface area contributed by atoms with Crippen molar-refractivity contribution in [3.8, 4) is 5.88 Å². The van der Waals surface area contributed by atoms with E-state index >= 15 is 0 Å². The molecule has 1 aromatic rings. The number of pyridine rings is 1. The summed E-state index contributed by atoms with van der Waals surface area (Å²) in [5.41, 5.74) is 1.03. The molecule has 6 heteroatoms. The Morgan fingerprint density at radius 3 is 2.95 bits per heavy atom. The van der Waals surface area contributed by atoms with E-state index in [1.165, 1.54) is 12.2 Å². The van der Waals surface area contributed by atoms with Crippen molar-refractivity contribution in [3.05, 3.63) is 23.9 Å². The Balaban J connectivity index is 2.38. The Kier molecular flexibility index (Phi) is 9.44. The molecule has 1 aromatic heterocycles. The van der Waals surface area contributed by atoms with Crippen LogP contribution in [0.5, 0.6) is 5.88 Å². The molecule has 2 N–H and O–H groups in total. The molecule has 0 aliphatic carbocycles. The summed E-state index contributed by atoms with van der Waals surface area (Å²) in [4.78, 5) is 8.47. The Morgan fingerprint density at radius 2 is 2.24 bits per heavy atom. The van der Waals surface area contributed by atoms with E-state index in [0.29, 0.717) is 19.0 Å². The molecule has 0 atom stereocenters. The highest BCUT2D eigenvalue weighted by atomic mass is 32.2. The quantitative estimate of drug-likeness (QED) is 0.416. The zero-order valence-electron chi connectivity index (χ0n) is 13.2. The van der Waals surface area contributed by atoms with Crippen LogP contribution in [0.3, 0.4) is 0 Å². The van der Waals surface area contributed by atoms with Gasteiger partial charge in [0.05, 0.1) is 6.61 Å². The van der Waals surface area contributed by atoms with Gasteiger partial charge < -0.3 is 15.4 Å². The predicted octanol–water partition coefficient (Wildman–Crippen LogP) is 2.29. The van der Waals surface area contributed by atoms with Crippen molar-refractivity contribution in [2.24, 2.45) is 4.99 Å². The average molecular weight is 310 g/mol. The van der Waals surface area contributed by atoms with Gasteiger partial charge in [0.15, 0.2) is 5.96 Å². The van der Waals surface area contributed by atoms with Gasteiger partial charge in [-0.1, -0.05) is 6.07 Å². The van der Waals surface area contributed by atoms with Gasteiger partial charge in [0.2, 0.25) is 5.88 Å². The molecule has 0 fully saturated rings. The lowest BCUT2D eigenvalue weighted by Crippen LogP contribution is -2.37. The second-order valence-corrected chi connectivity index (χ2v) is 5.44. The van der Waals surface area contributed by atoms with Crippen molar-refractivity contribution in [2.45, 2.75) is 26.3 Å². The van der Waals surface area contributed by atoms with E-state index in [9.17, 15) is 0 Å². The van der Waals surface area contributed by atoms with Gasteiger partial charge in [0, 0.05) is 31.9 Å². The van der Waals surface area contributed by atoms with Crippen LogP contribution in [-0.4, -0.2) is 43.2 Å². The van der Waals surface area contributed by atoms with Gasteiger partial charge in [-0.15, -0.1) is 0 Å². The Bertz CT molecular complexity index is 426. The van der Waals surface area contributed by atoms with E-state index in [1.807, 2.05) is 30.8 Å². The van der Waals surface area contributed by atoms with Crippen molar-refractivity contribution in [1.29, 1.82) is 0 Å². The first-order valence-corrected chi connectivity index (χ1v) is 8.71. The smallest absolute Gasteiger partial charge is 0.218 e. The molecule has 0 unspecified atom stereocenters. The molecule has 5 nitrogen and oxygen atoms in total. The number of hydrogen-bond acceptors (Lipinski definition) is 4. The maximum absolute atomic E-state index is 5.51. The largest absolute Gasteiger partial charge is 0.478 e. The van der Waals surface area contributed by atoms with E-state index in [2.05, 4.69) is 26.9 Å². The van der Waals surface area contributed by atoms with Crippen LogP contribution in [-0.2, 0) is 6.54 Å². The summed E-state index contributed by atoms with van der Waals surface area (Å²) in [5.74, 6) is 2.70. The Hall–Kier alpha value is -1.43. The minimum Gasteiger partial charge on any atom is -0.478 e. The Morgan fingerprint density at radius 1 is 1.38 bits per heavy atom. The lowest BCUT2D eigenvalue weighted by Gasteiger charge is -2.13. The molecule has 1 heterocycles. The predicted molar refractivity (Wildman–Crippen MR) is 91.2 cm³/mol. The highest BCUT2D eigenvalue weighted by Gasteiger charge is 2.05. The first-order chi connectivity index (χ1) is 10.3. The molecule has 0 radical (unpaired) electrons. The number of nitrogens with one attached hydrogen (secondary N) is 2. The van der Waals surface area contributed by atoms with Gasteiger partial charge in [-0.25, -0.2) is 4.98 Å². The molecule has 0 bridgehead atoms. The molecule has 0 aliphatic rings. The molecular weight excluding hydrogens is 284 g/mol. The first-order valence-electron chi connectivity index (χ1n) is 7.32. The van der Waals surface area contributed by atoms with Crippen LogP contribution < -0.4 is 15.4 Å². The number of aromatic nitrogens is 1. The number of rotatable bonds is 9. The fourth-order valence-electron chi connectivity index (χ4n) is 1.80. The second-order valence-electron chi connectivity index (χ2n) is 4.45. The van der Waals surface area contributed by atoms with Gasteiger partial charge in [-0.05, 0) is 37.8 Å². The summed E-state index contributed by atoms with van der Waals surface area (Å²) in [6.07, 6.45) is 6.26. The van der Waals surface area contributed by atoms with Crippen LogP contribution in [0.4, 0.5) is 0 Å². The van der Waals surface area contributed by atoms with E-state index in [4.69, 9.17) is 4.74 Å². The number of aliphatic imine (C=N–C) groups is 1. The fraction of sp³-hybridized carbons (Fsp3) is 0.600. The molecule has 0 aromatic carbocycles.